The van der Waals surface area contributed by atoms with Crippen molar-refractivity contribution in [2.75, 3.05) is 19.3 Å². The molecule has 8 heteroatoms. The number of sulfone groups is 1. The minimum atomic E-state index is -3.48. The van der Waals surface area contributed by atoms with E-state index in [1.807, 2.05) is 24.8 Å². The molecule has 0 spiro atoms. The first-order valence-corrected chi connectivity index (χ1v) is 10.9. The monoisotopic (exact) mass is 388 g/mol. The van der Waals surface area contributed by atoms with Crippen molar-refractivity contribution in [2.24, 2.45) is 5.92 Å². The van der Waals surface area contributed by atoms with Crippen LogP contribution in [-0.2, 0) is 14.6 Å². The van der Waals surface area contributed by atoms with E-state index in [1.54, 1.807) is 18.5 Å². The van der Waals surface area contributed by atoms with Crippen molar-refractivity contribution >= 4 is 15.7 Å². The van der Waals surface area contributed by atoms with Gasteiger partial charge in [0.2, 0.25) is 5.91 Å². The van der Waals surface area contributed by atoms with Gasteiger partial charge in [0.25, 0.3) is 0 Å². The maximum absolute atomic E-state index is 12.4. The highest BCUT2D eigenvalue weighted by molar-refractivity contribution is 7.90. The van der Waals surface area contributed by atoms with Gasteiger partial charge < -0.3 is 4.90 Å². The lowest BCUT2D eigenvalue weighted by atomic mass is 9.93. The molecule has 1 amide bonds. The number of nitrogens with zero attached hydrogens (tertiary/aromatic N) is 4. The number of hydrogen-bond donors (Lipinski definition) is 0. The van der Waals surface area contributed by atoms with Crippen molar-refractivity contribution in [3.63, 3.8) is 0 Å². The average molecular weight is 388 g/mol. The Balaban J connectivity index is 2.02. The summed E-state index contributed by atoms with van der Waals surface area (Å²) in [5, 5.41) is 0. The number of carbonyl (C=O) groups excluding carboxylic acids is 1. The third-order valence-corrected chi connectivity index (χ3v) is 5.83. The zero-order chi connectivity index (χ0) is 19.6. The van der Waals surface area contributed by atoms with Gasteiger partial charge in [0.1, 0.15) is 4.90 Å². The van der Waals surface area contributed by atoms with Gasteiger partial charge in [-0.25, -0.2) is 18.4 Å². The Morgan fingerprint density at radius 3 is 2.70 bits per heavy atom. The summed E-state index contributed by atoms with van der Waals surface area (Å²) in [6, 6.07) is 3.62. The van der Waals surface area contributed by atoms with E-state index in [1.165, 1.54) is 12.5 Å². The minimum absolute atomic E-state index is 0.0853. The number of pyridine rings is 1. The second-order valence-electron chi connectivity index (χ2n) is 7.24. The summed E-state index contributed by atoms with van der Waals surface area (Å²) < 4.78 is 24.6. The third kappa shape index (κ3) is 4.32. The normalized spacial score (nSPS) is 17.9. The molecule has 2 aromatic heterocycles. The van der Waals surface area contributed by atoms with Gasteiger partial charge in [0.15, 0.2) is 15.7 Å². The van der Waals surface area contributed by atoms with Gasteiger partial charge in [-0.15, -0.1) is 0 Å². The van der Waals surface area contributed by atoms with Crippen LogP contribution in [0, 0.1) is 5.92 Å². The van der Waals surface area contributed by atoms with Crippen LogP contribution in [0.4, 0.5) is 0 Å². The van der Waals surface area contributed by atoms with Gasteiger partial charge in [-0.05, 0) is 25.0 Å². The van der Waals surface area contributed by atoms with Crippen LogP contribution >= 0.6 is 0 Å². The number of piperidine rings is 1. The maximum atomic E-state index is 12.4. The molecule has 1 unspecified atom stereocenters. The van der Waals surface area contributed by atoms with Crippen molar-refractivity contribution < 1.29 is 13.2 Å². The second kappa shape index (κ2) is 7.72. The molecule has 1 saturated heterocycles. The molecular weight excluding hydrogens is 364 g/mol. The van der Waals surface area contributed by atoms with E-state index >= 15 is 0 Å². The van der Waals surface area contributed by atoms with E-state index in [9.17, 15) is 13.2 Å². The Morgan fingerprint density at radius 1 is 1.30 bits per heavy atom. The van der Waals surface area contributed by atoms with E-state index in [-0.39, 0.29) is 22.6 Å². The van der Waals surface area contributed by atoms with Crippen LogP contribution in [-0.4, -0.2) is 53.5 Å². The highest BCUT2D eigenvalue weighted by Crippen LogP contribution is 2.31. The van der Waals surface area contributed by atoms with E-state index in [0.29, 0.717) is 24.6 Å². The first kappa shape index (κ1) is 19.4. The standard InChI is InChI=1S/C19H24N4O3S/c1-13(2)19(24)23-9-5-7-15(12-23)17-16(27(3,25)26)11-21-18(22-17)14-6-4-8-20-10-14/h4,6,8,10-11,13,15H,5,7,9,12H2,1-3H3. The topological polar surface area (TPSA) is 93.1 Å². The van der Waals surface area contributed by atoms with Gasteiger partial charge >= 0.3 is 0 Å². The quantitative estimate of drug-likeness (QED) is 0.798. The summed E-state index contributed by atoms with van der Waals surface area (Å²) in [5.74, 6) is 0.305. The number of amides is 1. The first-order valence-electron chi connectivity index (χ1n) is 9.03. The smallest absolute Gasteiger partial charge is 0.225 e. The zero-order valence-corrected chi connectivity index (χ0v) is 16.6. The molecule has 0 saturated carbocycles. The molecule has 0 N–H and O–H groups in total. The summed E-state index contributed by atoms with van der Waals surface area (Å²) in [4.78, 5) is 27.3. The van der Waals surface area contributed by atoms with Gasteiger partial charge in [0, 0.05) is 55.3 Å². The first-order chi connectivity index (χ1) is 12.8. The third-order valence-electron chi connectivity index (χ3n) is 4.72. The van der Waals surface area contributed by atoms with Crippen molar-refractivity contribution in [3.8, 4) is 11.4 Å². The van der Waals surface area contributed by atoms with Gasteiger partial charge in [0.05, 0.1) is 5.69 Å². The Hall–Kier alpha value is -2.35. The fourth-order valence-corrected chi connectivity index (χ4v) is 4.20. The molecule has 2 aromatic rings. The Morgan fingerprint density at radius 2 is 2.07 bits per heavy atom. The van der Waals surface area contributed by atoms with Gasteiger partial charge in [-0.1, -0.05) is 13.8 Å². The molecule has 0 aliphatic carbocycles. The fourth-order valence-electron chi connectivity index (χ4n) is 3.36. The van der Waals surface area contributed by atoms with E-state index in [0.717, 1.165) is 18.4 Å². The predicted octanol–water partition coefficient (Wildman–Crippen LogP) is 2.30. The molecule has 1 aliphatic heterocycles. The molecular formula is C19H24N4O3S. The lowest BCUT2D eigenvalue weighted by Crippen LogP contribution is -2.41. The number of carbonyl (C=O) groups is 1. The zero-order valence-electron chi connectivity index (χ0n) is 15.8. The number of aromatic nitrogens is 3. The highest BCUT2D eigenvalue weighted by atomic mass is 32.2. The largest absolute Gasteiger partial charge is 0.342 e. The summed E-state index contributed by atoms with van der Waals surface area (Å²) in [7, 11) is -3.48. The second-order valence-corrected chi connectivity index (χ2v) is 9.22. The summed E-state index contributed by atoms with van der Waals surface area (Å²) in [5.41, 5.74) is 1.22. The van der Waals surface area contributed by atoms with Crippen molar-refractivity contribution in [2.45, 2.75) is 37.5 Å². The van der Waals surface area contributed by atoms with Crippen LogP contribution in [0.25, 0.3) is 11.4 Å². The Labute approximate surface area is 159 Å². The molecule has 27 heavy (non-hydrogen) atoms. The number of hydrogen-bond acceptors (Lipinski definition) is 6. The minimum Gasteiger partial charge on any atom is -0.342 e. The summed E-state index contributed by atoms with van der Waals surface area (Å²) >= 11 is 0. The van der Waals surface area contributed by atoms with Gasteiger partial charge in [-0.2, -0.15) is 0 Å². The summed E-state index contributed by atoms with van der Waals surface area (Å²) in [6.45, 7) is 4.92. The fraction of sp³-hybridized carbons (Fsp3) is 0.474. The summed E-state index contributed by atoms with van der Waals surface area (Å²) in [6.07, 6.45) is 7.45. The number of rotatable bonds is 4. The van der Waals surface area contributed by atoms with Crippen LogP contribution < -0.4 is 0 Å². The molecule has 3 heterocycles. The molecule has 1 aliphatic rings. The molecule has 1 atom stereocenters. The van der Waals surface area contributed by atoms with Crippen LogP contribution in [0.3, 0.4) is 0 Å². The molecule has 0 aromatic carbocycles. The Kier molecular flexibility index (Phi) is 5.55. The maximum Gasteiger partial charge on any atom is 0.225 e. The number of likely N-dealkylation sites (tertiary alicyclic amines) is 1. The van der Waals surface area contributed by atoms with Crippen molar-refractivity contribution in [3.05, 3.63) is 36.4 Å². The molecule has 0 bridgehead atoms. The van der Waals surface area contributed by atoms with E-state index < -0.39 is 9.84 Å². The van der Waals surface area contributed by atoms with Crippen LogP contribution in [0.15, 0.2) is 35.6 Å². The van der Waals surface area contributed by atoms with Crippen LogP contribution in [0.2, 0.25) is 0 Å². The lowest BCUT2D eigenvalue weighted by molar-refractivity contribution is -0.135. The van der Waals surface area contributed by atoms with Crippen molar-refractivity contribution in [1.29, 1.82) is 0 Å². The molecule has 1 fully saturated rings. The van der Waals surface area contributed by atoms with Crippen molar-refractivity contribution in [1.82, 2.24) is 19.9 Å². The van der Waals surface area contributed by atoms with Crippen LogP contribution in [0.5, 0.6) is 0 Å². The van der Waals surface area contributed by atoms with Crippen LogP contribution in [0.1, 0.15) is 38.3 Å². The molecule has 144 valence electrons. The molecule has 7 nitrogen and oxygen atoms in total. The van der Waals surface area contributed by atoms with E-state index in [4.69, 9.17) is 0 Å². The van der Waals surface area contributed by atoms with E-state index in [2.05, 4.69) is 15.0 Å². The Bertz CT molecular complexity index is 929. The highest BCUT2D eigenvalue weighted by Gasteiger charge is 2.30. The SMILES string of the molecule is CC(C)C(=O)N1CCCC(c2nc(-c3cccnc3)ncc2S(C)(=O)=O)C1. The average Bonchev–Trinajstić information content (AvgIpc) is 2.67. The van der Waals surface area contributed by atoms with Gasteiger partial charge in [-0.3, -0.25) is 9.78 Å². The predicted molar refractivity (Wildman–Crippen MR) is 102 cm³/mol. The molecule has 0 radical (unpaired) electrons. The molecule has 3 rings (SSSR count). The lowest BCUT2D eigenvalue weighted by Gasteiger charge is -2.34.